The maximum atomic E-state index is 5.73. The van der Waals surface area contributed by atoms with Gasteiger partial charge in [0.05, 0.1) is 12.3 Å². The fourth-order valence-corrected chi connectivity index (χ4v) is 2.68. The van der Waals surface area contributed by atoms with Crippen LogP contribution in [0.5, 0.6) is 0 Å². The van der Waals surface area contributed by atoms with E-state index in [0.717, 1.165) is 41.9 Å². The summed E-state index contributed by atoms with van der Waals surface area (Å²) >= 11 is 1.91. The Morgan fingerprint density at radius 3 is 3.00 bits per heavy atom. The Hall–Kier alpha value is -0.650. The zero-order valence-electron chi connectivity index (χ0n) is 11.3. The quantitative estimate of drug-likeness (QED) is 0.905. The first kappa shape index (κ1) is 13.8. The van der Waals surface area contributed by atoms with E-state index >= 15 is 0 Å². The third-order valence-electron chi connectivity index (χ3n) is 2.72. The molecular weight excluding hydrogens is 246 g/mol. The van der Waals surface area contributed by atoms with Gasteiger partial charge in [-0.2, -0.15) is 11.8 Å². The highest BCUT2D eigenvalue weighted by Gasteiger charge is 2.19. The van der Waals surface area contributed by atoms with Crippen molar-refractivity contribution in [3.05, 3.63) is 23.3 Å². The highest BCUT2D eigenvalue weighted by Crippen LogP contribution is 2.24. The Kier molecular flexibility index (Phi) is 4.97. The molecule has 1 aliphatic rings. The van der Waals surface area contributed by atoms with E-state index in [9.17, 15) is 0 Å². The fraction of sp³-hybridized carbons (Fsp3) is 0.692. The predicted molar refractivity (Wildman–Crippen MR) is 74.8 cm³/mol. The molecule has 0 aliphatic carbocycles. The van der Waals surface area contributed by atoms with Crippen LogP contribution in [0.3, 0.4) is 0 Å². The lowest BCUT2D eigenvalue weighted by molar-refractivity contribution is 0.0691. The lowest BCUT2D eigenvalue weighted by Gasteiger charge is -2.21. The van der Waals surface area contributed by atoms with E-state index in [2.05, 4.69) is 29.1 Å². The van der Waals surface area contributed by atoms with Crippen LogP contribution in [0.4, 0.5) is 0 Å². The van der Waals surface area contributed by atoms with Crippen molar-refractivity contribution < 1.29 is 4.74 Å². The molecule has 1 aromatic rings. The van der Waals surface area contributed by atoms with Gasteiger partial charge in [0.2, 0.25) is 0 Å². The van der Waals surface area contributed by atoms with Gasteiger partial charge in [-0.25, -0.2) is 9.97 Å². The largest absolute Gasteiger partial charge is 0.368 e. The minimum atomic E-state index is 0.0569. The van der Waals surface area contributed by atoms with Gasteiger partial charge in [0.25, 0.3) is 0 Å². The van der Waals surface area contributed by atoms with Gasteiger partial charge in [0.15, 0.2) is 5.82 Å². The Morgan fingerprint density at radius 1 is 1.50 bits per heavy atom. The maximum Gasteiger partial charge on any atom is 0.158 e. The first-order valence-electron chi connectivity index (χ1n) is 6.42. The van der Waals surface area contributed by atoms with Crippen LogP contribution in [0.25, 0.3) is 0 Å². The molecule has 2 heterocycles. The van der Waals surface area contributed by atoms with Crippen molar-refractivity contribution >= 4 is 11.8 Å². The summed E-state index contributed by atoms with van der Waals surface area (Å²) in [7, 11) is 0. The Labute approximate surface area is 113 Å². The summed E-state index contributed by atoms with van der Waals surface area (Å²) in [6.45, 7) is 7.87. The van der Waals surface area contributed by atoms with Crippen LogP contribution in [0.2, 0.25) is 0 Å². The zero-order chi connectivity index (χ0) is 13.0. The number of aromatic nitrogens is 2. The summed E-state index contributed by atoms with van der Waals surface area (Å²) in [5, 5.41) is 3.38. The van der Waals surface area contributed by atoms with E-state index in [1.54, 1.807) is 0 Å². The molecule has 1 unspecified atom stereocenters. The molecule has 1 saturated heterocycles. The second-order valence-corrected chi connectivity index (χ2v) is 5.98. The molecule has 1 N–H and O–H groups in total. The van der Waals surface area contributed by atoms with E-state index in [0.29, 0.717) is 6.04 Å². The minimum absolute atomic E-state index is 0.0569. The molecule has 0 aromatic carbocycles. The number of nitrogens with one attached hydrogen (secondary N) is 1. The Balaban J connectivity index is 2.09. The van der Waals surface area contributed by atoms with Crippen molar-refractivity contribution in [3.8, 4) is 0 Å². The van der Waals surface area contributed by atoms with Crippen molar-refractivity contribution in [2.45, 2.75) is 39.5 Å². The minimum Gasteiger partial charge on any atom is -0.368 e. The van der Waals surface area contributed by atoms with E-state index in [-0.39, 0.29) is 6.10 Å². The number of ether oxygens (including phenoxy) is 1. The van der Waals surface area contributed by atoms with Crippen LogP contribution in [0.15, 0.2) is 6.07 Å². The van der Waals surface area contributed by atoms with Crippen molar-refractivity contribution in [2.24, 2.45) is 0 Å². The van der Waals surface area contributed by atoms with Crippen LogP contribution in [-0.2, 0) is 11.3 Å². The van der Waals surface area contributed by atoms with E-state index in [1.165, 1.54) is 0 Å². The van der Waals surface area contributed by atoms with Gasteiger partial charge in [0.1, 0.15) is 6.10 Å². The third kappa shape index (κ3) is 3.93. The summed E-state index contributed by atoms with van der Waals surface area (Å²) in [5.41, 5.74) is 2.06. The molecule has 18 heavy (non-hydrogen) atoms. The highest BCUT2D eigenvalue weighted by atomic mass is 32.2. The molecule has 1 aliphatic heterocycles. The molecule has 0 amide bonds. The van der Waals surface area contributed by atoms with Gasteiger partial charge in [-0.3, -0.25) is 0 Å². The topological polar surface area (TPSA) is 47.0 Å². The second kappa shape index (κ2) is 6.50. The maximum absolute atomic E-state index is 5.73. The Morgan fingerprint density at radius 2 is 2.33 bits per heavy atom. The molecule has 1 aromatic heterocycles. The fourth-order valence-electron chi connectivity index (χ4n) is 1.84. The summed E-state index contributed by atoms with van der Waals surface area (Å²) in [4.78, 5) is 9.12. The Bertz CT molecular complexity index is 392. The lowest BCUT2D eigenvalue weighted by atomic mass is 10.2. The van der Waals surface area contributed by atoms with E-state index in [4.69, 9.17) is 4.74 Å². The first-order chi connectivity index (χ1) is 8.65. The number of thioether (sulfide) groups is 1. The SMILES string of the molecule is Cc1cc(CNC(C)C)nc(C2CSCCO2)n1. The number of hydrogen-bond donors (Lipinski definition) is 1. The monoisotopic (exact) mass is 267 g/mol. The molecule has 0 radical (unpaired) electrons. The number of aryl methyl sites for hydroxylation is 1. The van der Waals surface area contributed by atoms with Gasteiger partial charge in [-0.05, 0) is 13.0 Å². The molecule has 100 valence electrons. The van der Waals surface area contributed by atoms with E-state index in [1.807, 2.05) is 24.8 Å². The number of nitrogens with zero attached hydrogens (tertiary/aromatic N) is 2. The van der Waals surface area contributed by atoms with Gasteiger partial charge in [0, 0.05) is 29.8 Å². The standard InChI is InChI=1S/C13H21N3OS/c1-9(2)14-7-11-6-10(3)15-13(16-11)12-8-18-5-4-17-12/h6,9,12,14H,4-5,7-8H2,1-3H3. The van der Waals surface area contributed by atoms with Crippen LogP contribution in [-0.4, -0.2) is 34.1 Å². The molecule has 5 heteroatoms. The number of rotatable bonds is 4. The molecule has 1 atom stereocenters. The summed E-state index contributed by atoms with van der Waals surface area (Å²) < 4.78 is 5.73. The predicted octanol–water partition coefficient (Wildman–Crippen LogP) is 2.09. The lowest BCUT2D eigenvalue weighted by Crippen LogP contribution is -2.24. The molecule has 0 spiro atoms. The summed E-state index contributed by atoms with van der Waals surface area (Å²) in [6.07, 6.45) is 0.0569. The first-order valence-corrected chi connectivity index (χ1v) is 7.58. The van der Waals surface area contributed by atoms with E-state index < -0.39 is 0 Å². The highest BCUT2D eigenvalue weighted by molar-refractivity contribution is 7.99. The molecule has 0 saturated carbocycles. The van der Waals surface area contributed by atoms with Gasteiger partial charge >= 0.3 is 0 Å². The smallest absolute Gasteiger partial charge is 0.158 e. The second-order valence-electron chi connectivity index (χ2n) is 4.83. The normalized spacial score (nSPS) is 20.3. The summed E-state index contributed by atoms with van der Waals surface area (Å²) in [6, 6.07) is 2.50. The third-order valence-corrected chi connectivity index (χ3v) is 3.71. The van der Waals surface area contributed by atoms with Crippen molar-refractivity contribution in [3.63, 3.8) is 0 Å². The average Bonchev–Trinajstić information content (AvgIpc) is 2.37. The number of hydrogen-bond acceptors (Lipinski definition) is 5. The van der Waals surface area contributed by atoms with Crippen molar-refractivity contribution in [2.75, 3.05) is 18.1 Å². The zero-order valence-corrected chi connectivity index (χ0v) is 12.1. The van der Waals surface area contributed by atoms with Gasteiger partial charge in [-0.15, -0.1) is 0 Å². The van der Waals surface area contributed by atoms with Crippen molar-refractivity contribution in [1.82, 2.24) is 15.3 Å². The van der Waals surface area contributed by atoms with Crippen LogP contribution >= 0.6 is 11.8 Å². The van der Waals surface area contributed by atoms with Crippen LogP contribution < -0.4 is 5.32 Å². The van der Waals surface area contributed by atoms with Gasteiger partial charge in [-0.1, -0.05) is 13.8 Å². The van der Waals surface area contributed by atoms with Crippen LogP contribution in [0, 0.1) is 6.92 Å². The molecule has 2 rings (SSSR count). The van der Waals surface area contributed by atoms with Gasteiger partial charge < -0.3 is 10.1 Å². The van der Waals surface area contributed by atoms with Crippen molar-refractivity contribution in [1.29, 1.82) is 0 Å². The molecule has 0 bridgehead atoms. The molecular formula is C13H21N3OS. The molecule has 1 fully saturated rings. The summed E-state index contributed by atoms with van der Waals surface area (Å²) in [5.74, 6) is 2.87. The molecule has 4 nitrogen and oxygen atoms in total. The van der Waals surface area contributed by atoms with Crippen LogP contribution in [0.1, 0.15) is 37.2 Å². The average molecular weight is 267 g/mol.